The summed E-state index contributed by atoms with van der Waals surface area (Å²) in [5.41, 5.74) is 2.15. The maximum absolute atomic E-state index is 10.8. The van der Waals surface area contributed by atoms with Gasteiger partial charge in [0.1, 0.15) is 5.75 Å². The lowest BCUT2D eigenvalue weighted by atomic mass is 9.94. The zero-order valence-corrected chi connectivity index (χ0v) is 12.4. The number of carbonyl (C=O) groups is 1. The van der Waals surface area contributed by atoms with Crippen LogP contribution in [-0.4, -0.2) is 18.2 Å². The Bertz CT molecular complexity index is 671. The Morgan fingerprint density at radius 3 is 2.71 bits per heavy atom. The summed E-state index contributed by atoms with van der Waals surface area (Å²) in [4.78, 5) is 10.8. The molecule has 0 fully saturated rings. The minimum Gasteiger partial charge on any atom is -0.497 e. The number of rotatable bonds is 6. The Hall–Kier alpha value is -2.29. The van der Waals surface area contributed by atoms with Crippen LogP contribution in [0.3, 0.4) is 0 Å². The Morgan fingerprint density at radius 2 is 2.05 bits per heavy atom. The van der Waals surface area contributed by atoms with Gasteiger partial charge in [-0.1, -0.05) is 31.5 Å². The molecule has 0 aromatic heterocycles. The molecule has 0 atom stereocenters. The summed E-state index contributed by atoms with van der Waals surface area (Å²) < 4.78 is 5.31. The average Bonchev–Trinajstić information content (AvgIpc) is 2.50. The first-order valence-corrected chi connectivity index (χ1v) is 7.16. The standard InChI is InChI=1S/C18H20O3/c1-3-4-5-16-13(9-11-18(19)20)6-7-14-8-10-15(21-2)12-17(14)16/h6-12H,3-5H2,1-2H3,(H,19,20). The summed E-state index contributed by atoms with van der Waals surface area (Å²) in [6, 6.07) is 10.0. The molecule has 0 aliphatic carbocycles. The third-order valence-corrected chi connectivity index (χ3v) is 3.56. The molecule has 1 N–H and O–H groups in total. The number of carboxylic acids is 1. The summed E-state index contributed by atoms with van der Waals surface area (Å²) in [5.74, 6) is -0.109. The minimum atomic E-state index is -0.929. The van der Waals surface area contributed by atoms with Crippen LogP contribution in [0.2, 0.25) is 0 Å². The quantitative estimate of drug-likeness (QED) is 0.805. The lowest BCUT2D eigenvalue weighted by Crippen LogP contribution is -1.94. The van der Waals surface area contributed by atoms with Gasteiger partial charge in [-0.2, -0.15) is 0 Å². The number of hydrogen-bond acceptors (Lipinski definition) is 2. The summed E-state index contributed by atoms with van der Waals surface area (Å²) in [5, 5.41) is 11.1. The van der Waals surface area contributed by atoms with Gasteiger partial charge in [-0.05, 0) is 52.9 Å². The molecular weight excluding hydrogens is 264 g/mol. The highest BCUT2D eigenvalue weighted by atomic mass is 16.5. The topological polar surface area (TPSA) is 46.5 Å². The van der Waals surface area contributed by atoms with E-state index >= 15 is 0 Å². The minimum absolute atomic E-state index is 0.819. The number of aryl methyl sites for hydroxylation is 1. The van der Waals surface area contributed by atoms with Crippen LogP contribution in [0.1, 0.15) is 30.9 Å². The molecule has 0 aliphatic heterocycles. The van der Waals surface area contributed by atoms with E-state index in [0.717, 1.165) is 41.3 Å². The van der Waals surface area contributed by atoms with Gasteiger partial charge >= 0.3 is 5.97 Å². The molecule has 0 bridgehead atoms. The summed E-state index contributed by atoms with van der Waals surface area (Å²) in [6.07, 6.45) is 5.97. The highest BCUT2D eigenvalue weighted by molar-refractivity contribution is 5.92. The molecule has 110 valence electrons. The van der Waals surface area contributed by atoms with Crippen molar-refractivity contribution in [2.75, 3.05) is 7.11 Å². The fourth-order valence-electron chi connectivity index (χ4n) is 2.45. The molecule has 2 aromatic rings. The van der Waals surface area contributed by atoms with E-state index in [-0.39, 0.29) is 0 Å². The molecule has 21 heavy (non-hydrogen) atoms. The SMILES string of the molecule is CCCCc1c(C=CC(=O)O)ccc2ccc(OC)cc12. The third-order valence-electron chi connectivity index (χ3n) is 3.56. The second-order valence-corrected chi connectivity index (χ2v) is 5.00. The normalized spacial score (nSPS) is 11.1. The van der Waals surface area contributed by atoms with E-state index in [1.807, 2.05) is 30.3 Å². The first-order valence-electron chi connectivity index (χ1n) is 7.16. The fourth-order valence-corrected chi connectivity index (χ4v) is 2.45. The van der Waals surface area contributed by atoms with Gasteiger partial charge in [0, 0.05) is 6.08 Å². The molecule has 0 radical (unpaired) electrons. The number of fused-ring (bicyclic) bond motifs is 1. The maximum Gasteiger partial charge on any atom is 0.328 e. The molecule has 0 heterocycles. The van der Waals surface area contributed by atoms with Crippen molar-refractivity contribution in [3.63, 3.8) is 0 Å². The second-order valence-electron chi connectivity index (χ2n) is 5.00. The maximum atomic E-state index is 10.8. The zero-order chi connectivity index (χ0) is 15.2. The number of ether oxygens (including phenoxy) is 1. The number of aliphatic carboxylic acids is 1. The van der Waals surface area contributed by atoms with Gasteiger partial charge in [0.15, 0.2) is 0 Å². The zero-order valence-electron chi connectivity index (χ0n) is 12.4. The van der Waals surface area contributed by atoms with Gasteiger partial charge in [0.2, 0.25) is 0 Å². The molecule has 2 aromatic carbocycles. The van der Waals surface area contributed by atoms with Crippen LogP contribution in [0.25, 0.3) is 16.8 Å². The molecule has 3 heteroatoms. The van der Waals surface area contributed by atoms with Gasteiger partial charge in [-0.3, -0.25) is 0 Å². The molecule has 0 unspecified atom stereocenters. The number of carboxylic acid groups (broad SMARTS) is 1. The van der Waals surface area contributed by atoms with Crippen molar-refractivity contribution < 1.29 is 14.6 Å². The van der Waals surface area contributed by atoms with Crippen molar-refractivity contribution in [3.05, 3.63) is 47.5 Å². The number of benzene rings is 2. The van der Waals surface area contributed by atoms with Crippen molar-refractivity contribution in [1.29, 1.82) is 0 Å². The molecule has 0 saturated heterocycles. The Balaban J connectivity index is 2.58. The van der Waals surface area contributed by atoms with Crippen molar-refractivity contribution in [2.45, 2.75) is 26.2 Å². The number of hydrogen-bond donors (Lipinski definition) is 1. The van der Waals surface area contributed by atoms with Crippen molar-refractivity contribution in [1.82, 2.24) is 0 Å². The van der Waals surface area contributed by atoms with Gasteiger partial charge < -0.3 is 9.84 Å². The largest absolute Gasteiger partial charge is 0.497 e. The van der Waals surface area contributed by atoms with Crippen LogP contribution >= 0.6 is 0 Å². The highest BCUT2D eigenvalue weighted by Crippen LogP contribution is 2.28. The molecule has 0 saturated carbocycles. The molecule has 2 rings (SSSR count). The summed E-state index contributed by atoms with van der Waals surface area (Å²) >= 11 is 0. The lowest BCUT2D eigenvalue weighted by Gasteiger charge is -2.12. The summed E-state index contributed by atoms with van der Waals surface area (Å²) in [6.45, 7) is 2.15. The van der Waals surface area contributed by atoms with E-state index in [0.29, 0.717) is 0 Å². The van der Waals surface area contributed by atoms with E-state index in [1.165, 1.54) is 11.6 Å². The van der Waals surface area contributed by atoms with Gasteiger partial charge in [-0.15, -0.1) is 0 Å². The second kappa shape index (κ2) is 6.93. The van der Waals surface area contributed by atoms with E-state index in [9.17, 15) is 4.79 Å². The van der Waals surface area contributed by atoms with Crippen LogP contribution in [0, 0.1) is 0 Å². The van der Waals surface area contributed by atoms with E-state index in [4.69, 9.17) is 9.84 Å². The molecule has 0 spiro atoms. The number of unbranched alkanes of at least 4 members (excludes halogenated alkanes) is 1. The monoisotopic (exact) mass is 284 g/mol. The van der Waals surface area contributed by atoms with Crippen LogP contribution in [0.15, 0.2) is 36.4 Å². The van der Waals surface area contributed by atoms with Crippen molar-refractivity contribution >= 4 is 22.8 Å². The molecule has 0 aliphatic rings. The molecular formula is C18H20O3. The van der Waals surface area contributed by atoms with Crippen LogP contribution in [-0.2, 0) is 11.2 Å². The van der Waals surface area contributed by atoms with Crippen LogP contribution in [0.5, 0.6) is 5.75 Å². The predicted octanol–water partition coefficient (Wildman–Crippen LogP) is 4.29. The lowest BCUT2D eigenvalue weighted by molar-refractivity contribution is -0.131. The molecule has 3 nitrogen and oxygen atoms in total. The van der Waals surface area contributed by atoms with E-state index < -0.39 is 5.97 Å². The first kappa shape index (κ1) is 15.1. The Morgan fingerprint density at radius 1 is 1.29 bits per heavy atom. The fraction of sp³-hybridized carbons (Fsp3) is 0.278. The molecule has 0 amide bonds. The summed E-state index contributed by atoms with van der Waals surface area (Å²) in [7, 11) is 1.65. The van der Waals surface area contributed by atoms with Gasteiger partial charge in [0.05, 0.1) is 7.11 Å². The average molecular weight is 284 g/mol. The van der Waals surface area contributed by atoms with Crippen molar-refractivity contribution in [3.8, 4) is 5.75 Å². The number of methoxy groups -OCH3 is 1. The smallest absolute Gasteiger partial charge is 0.328 e. The van der Waals surface area contributed by atoms with Gasteiger partial charge in [0.25, 0.3) is 0 Å². The van der Waals surface area contributed by atoms with Crippen LogP contribution in [0.4, 0.5) is 0 Å². The van der Waals surface area contributed by atoms with Crippen molar-refractivity contribution in [2.24, 2.45) is 0 Å². The Labute approximate surface area is 124 Å². The van der Waals surface area contributed by atoms with E-state index in [2.05, 4.69) is 6.92 Å². The van der Waals surface area contributed by atoms with Crippen LogP contribution < -0.4 is 4.74 Å². The highest BCUT2D eigenvalue weighted by Gasteiger charge is 2.07. The first-order chi connectivity index (χ1) is 10.2. The van der Waals surface area contributed by atoms with E-state index in [1.54, 1.807) is 13.2 Å². The van der Waals surface area contributed by atoms with Gasteiger partial charge in [-0.25, -0.2) is 4.79 Å². The third kappa shape index (κ3) is 3.63. The predicted molar refractivity (Wildman–Crippen MR) is 85.8 cm³/mol. The Kier molecular flexibility index (Phi) is 4.99.